The lowest BCUT2D eigenvalue weighted by molar-refractivity contribution is -0.140. The summed E-state index contributed by atoms with van der Waals surface area (Å²) < 4.78 is 26.2. The van der Waals surface area contributed by atoms with E-state index >= 15 is 0 Å². The largest absolute Gasteiger partial charge is 0.350 e. The van der Waals surface area contributed by atoms with Gasteiger partial charge in [-0.15, -0.1) is 0 Å². The smallest absolute Gasteiger partial charge is 0.244 e. The van der Waals surface area contributed by atoms with Crippen molar-refractivity contribution < 1.29 is 18.0 Å². The Kier molecular flexibility index (Phi) is 9.50. The molecule has 1 N–H and O–H groups in total. The van der Waals surface area contributed by atoms with Gasteiger partial charge < -0.3 is 10.2 Å². The van der Waals surface area contributed by atoms with Crippen LogP contribution in [0.15, 0.2) is 36.4 Å². The van der Waals surface area contributed by atoms with Crippen molar-refractivity contribution in [3.63, 3.8) is 0 Å². The van der Waals surface area contributed by atoms with E-state index in [9.17, 15) is 18.0 Å². The number of nitrogens with zero attached hydrogens (tertiary/aromatic N) is 2. The van der Waals surface area contributed by atoms with Crippen molar-refractivity contribution in [2.75, 3.05) is 17.1 Å². The zero-order chi connectivity index (χ0) is 26.7. The lowest BCUT2D eigenvalue weighted by atomic mass is 10.1. The van der Waals surface area contributed by atoms with E-state index in [1.165, 1.54) is 17.0 Å². The van der Waals surface area contributed by atoms with Crippen LogP contribution in [0.2, 0.25) is 15.1 Å². The van der Waals surface area contributed by atoms with Crippen LogP contribution in [0.1, 0.15) is 38.8 Å². The summed E-state index contributed by atoms with van der Waals surface area (Å²) in [6.45, 7) is 8.28. The highest BCUT2D eigenvalue weighted by Crippen LogP contribution is 2.26. The van der Waals surface area contributed by atoms with Crippen LogP contribution in [0, 0.1) is 6.92 Å². The molecule has 2 aromatic rings. The molecule has 0 saturated heterocycles. The van der Waals surface area contributed by atoms with E-state index in [2.05, 4.69) is 5.32 Å². The average molecular weight is 563 g/mol. The van der Waals surface area contributed by atoms with Gasteiger partial charge in [-0.2, -0.15) is 0 Å². The first-order chi connectivity index (χ1) is 16.0. The Labute approximate surface area is 222 Å². The van der Waals surface area contributed by atoms with Crippen molar-refractivity contribution in [3.05, 3.63) is 62.6 Å². The van der Waals surface area contributed by atoms with Crippen LogP contribution in [0.3, 0.4) is 0 Å². The lowest BCUT2D eigenvalue weighted by Crippen LogP contribution is -2.54. The van der Waals surface area contributed by atoms with Crippen molar-refractivity contribution in [1.82, 2.24) is 10.2 Å². The zero-order valence-electron chi connectivity index (χ0n) is 20.5. The van der Waals surface area contributed by atoms with Gasteiger partial charge in [0.2, 0.25) is 21.8 Å². The molecule has 0 fully saturated rings. The molecule has 0 aliphatic carbocycles. The number of aryl methyl sites for hydroxylation is 1. The molecule has 0 aromatic heterocycles. The molecule has 0 saturated carbocycles. The third-order valence-corrected chi connectivity index (χ3v) is 7.28. The second kappa shape index (κ2) is 11.4. The Bertz CT molecular complexity index is 1210. The van der Waals surface area contributed by atoms with Crippen molar-refractivity contribution in [2.24, 2.45) is 0 Å². The van der Waals surface area contributed by atoms with Crippen molar-refractivity contribution in [3.8, 4) is 0 Å². The van der Waals surface area contributed by atoms with Crippen LogP contribution in [-0.2, 0) is 26.2 Å². The molecule has 2 rings (SSSR count). The van der Waals surface area contributed by atoms with Gasteiger partial charge in [-0.1, -0.05) is 46.9 Å². The average Bonchev–Trinajstić information content (AvgIpc) is 2.71. The molecular formula is C24H30Cl3N3O4S. The number of rotatable bonds is 8. The Morgan fingerprint density at radius 3 is 2.17 bits per heavy atom. The maximum Gasteiger partial charge on any atom is 0.244 e. The summed E-state index contributed by atoms with van der Waals surface area (Å²) >= 11 is 18.5. The van der Waals surface area contributed by atoms with E-state index < -0.39 is 34.1 Å². The summed E-state index contributed by atoms with van der Waals surface area (Å²) in [7, 11) is -3.85. The van der Waals surface area contributed by atoms with Gasteiger partial charge in [0.1, 0.15) is 12.6 Å². The van der Waals surface area contributed by atoms with Crippen LogP contribution in [-0.4, -0.2) is 49.5 Å². The minimum atomic E-state index is -3.85. The number of halogens is 3. The SMILES string of the molecule is Cc1ccc(N(CC(=O)N(Cc2ccc(Cl)cc2Cl)[C@@H](C)C(=O)NC(C)(C)C)S(C)(=O)=O)cc1Cl. The van der Waals surface area contributed by atoms with Crippen molar-refractivity contribution in [1.29, 1.82) is 0 Å². The predicted molar refractivity (Wildman–Crippen MR) is 143 cm³/mol. The summed E-state index contributed by atoms with van der Waals surface area (Å²) in [6, 6.07) is 8.64. The van der Waals surface area contributed by atoms with Crippen LogP contribution in [0.4, 0.5) is 5.69 Å². The Balaban J connectivity index is 2.46. The second-order valence-corrected chi connectivity index (χ2v) is 12.5. The minimum Gasteiger partial charge on any atom is -0.350 e. The molecule has 0 bridgehead atoms. The minimum absolute atomic E-state index is 0.0280. The molecule has 0 radical (unpaired) electrons. The normalized spacial score (nSPS) is 12.7. The first-order valence-corrected chi connectivity index (χ1v) is 13.8. The van der Waals surface area contributed by atoms with Gasteiger partial charge >= 0.3 is 0 Å². The third-order valence-electron chi connectivity index (χ3n) is 5.14. The van der Waals surface area contributed by atoms with Crippen LogP contribution in [0.5, 0.6) is 0 Å². The van der Waals surface area contributed by atoms with E-state index in [1.807, 2.05) is 20.8 Å². The number of sulfonamides is 1. The van der Waals surface area contributed by atoms with Gasteiger partial charge in [-0.25, -0.2) is 8.42 Å². The van der Waals surface area contributed by atoms with Gasteiger partial charge in [0, 0.05) is 27.2 Å². The van der Waals surface area contributed by atoms with Gasteiger partial charge in [-0.05, 0) is 70.0 Å². The maximum atomic E-state index is 13.6. The molecule has 0 aliphatic rings. The molecule has 0 aliphatic heterocycles. The lowest BCUT2D eigenvalue weighted by Gasteiger charge is -2.33. The number of amides is 2. The van der Waals surface area contributed by atoms with Crippen LogP contribution >= 0.6 is 34.8 Å². The topological polar surface area (TPSA) is 86.8 Å². The fourth-order valence-corrected chi connectivity index (χ4v) is 4.73. The van der Waals surface area contributed by atoms with Crippen LogP contribution in [0.25, 0.3) is 0 Å². The molecular weight excluding hydrogens is 533 g/mol. The fraction of sp³-hybridized carbons (Fsp3) is 0.417. The highest BCUT2D eigenvalue weighted by Gasteiger charge is 2.31. The van der Waals surface area contributed by atoms with Crippen LogP contribution < -0.4 is 9.62 Å². The van der Waals surface area contributed by atoms with Gasteiger partial charge in [0.05, 0.1) is 11.9 Å². The molecule has 0 heterocycles. The van der Waals surface area contributed by atoms with E-state index in [4.69, 9.17) is 34.8 Å². The highest BCUT2D eigenvalue weighted by atomic mass is 35.5. The van der Waals surface area contributed by atoms with Gasteiger partial charge in [-0.3, -0.25) is 13.9 Å². The van der Waals surface area contributed by atoms with E-state index in [-0.39, 0.29) is 18.1 Å². The molecule has 0 unspecified atom stereocenters. The fourth-order valence-electron chi connectivity index (χ4n) is 3.24. The molecule has 2 amide bonds. The standard InChI is InChI=1S/C24H30Cl3N3O4S/c1-15-7-10-19(12-20(15)26)30(35(6,33)34)14-22(31)29(16(2)23(32)28-24(3,4)5)13-17-8-9-18(25)11-21(17)27/h7-12,16H,13-14H2,1-6H3,(H,28,32)/t16-/m0/s1. The number of anilines is 1. The number of nitrogens with one attached hydrogen (secondary N) is 1. The molecule has 0 spiro atoms. The molecule has 1 atom stereocenters. The monoisotopic (exact) mass is 561 g/mol. The second-order valence-electron chi connectivity index (χ2n) is 9.38. The molecule has 35 heavy (non-hydrogen) atoms. The third kappa shape index (κ3) is 8.27. The number of benzene rings is 2. The van der Waals surface area contributed by atoms with Crippen molar-refractivity contribution >= 4 is 62.3 Å². The number of hydrogen-bond donors (Lipinski definition) is 1. The van der Waals surface area contributed by atoms with E-state index in [0.29, 0.717) is 20.6 Å². The zero-order valence-corrected chi connectivity index (χ0v) is 23.6. The van der Waals surface area contributed by atoms with Gasteiger partial charge in [0.25, 0.3) is 0 Å². The summed E-state index contributed by atoms with van der Waals surface area (Å²) in [5.41, 5.74) is 1.04. The van der Waals surface area contributed by atoms with E-state index in [0.717, 1.165) is 16.1 Å². The number of carbonyl (C=O) groups is 2. The summed E-state index contributed by atoms with van der Waals surface area (Å²) in [4.78, 5) is 27.8. The highest BCUT2D eigenvalue weighted by molar-refractivity contribution is 7.92. The Morgan fingerprint density at radius 2 is 1.66 bits per heavy atom. The number of carbonyl (C=O) groups excluding carboxylic acids is 2. The summed E-state index contributed by atoms with van der Waals surface area (Å²) in [6.07, 6.45) is 1.00. The summed E-state index contributed by atoms with van der Waals surface area (Å²) in [5, 5.41) is 3.97. The Morgan fingerprint density at radius 1 is 1.03 bits per heavy atom. The molecule has 192 valence electrons. The predicted octanol–water partition coefficient (Wildman–Crippen LogP) is 5.05. The first-order valence-electron chi connectivity index (χ1n) is 10.8. The quantitative estimate of drug-likeness (QED) is 0.488. The first kappa shape index (κ1) is 29.2. The number of hydrogen-bond acceptors (Lipinski definition) is 4. The Hall–Kier alpha value is -2.00. The molecule has 2 aromatic carbocycles. The van der Waals surface area contributed by atoms with E-state index in [1.54, 1.807) is 38.1 Å². The maximum absolute atomic E-state index is 13.6. The van der Waals surface area contributed by atoms with Gasteiger partial charge in [0.15, 0.2) is 0 Å². The summed E-state index contributed by atoms with van der Waals surface area (Å²) in [5.74, 6) is -0.977. The van der Waals surface area contributed by atoms with Crippen molar-refractivity contribution in [2.45, 2.75) is 52.7 Å². The molecule has 7 nitrogen and oxygen atoms in total. The molecule has 11 heteroatoms.